The average molecular weight is 266 g/mol. The number of aryl methyl sites for hydroxylation is 2. The van der Waals surface area contributed by atoms with Crippen molar-refractivity contribution in [3.8, 4) is 6.07 Å². The lowest BCUT2D eigenvalue weighted by molar-refractivity contribution is 0.380. The van der Waals surface area contributed by atoms with Crippen molar-refractivity contribution in [2.45, 2.75) is 46.0 Å². The highest BCUT2D eigenvalue weighted by atomic mass is 35.5. The van der Waals surface area contributed by atoms with E-state index < -0.39 is 0 Å². The van der Waals surface area contributed by atoms with Crippen LogP contribution in [0.25, 0.3) is 0 Å². The number of hydrogen-bond acceptors (Lipinski definition) is 2. The number of nitriles is 1. The van der Waals surface area contributed by atoms with E-state index in [-0.39, 0.29) is 5.41 Å². The quantitative estimate of drug-likeness (QED) is 0.839. The van der Waals surface area contributed by atoms with Crippen molar-refractivity contribution in [3.05, 3.63) is 16.4 Å². The normalized spacial score (nSPS) is 27.4. The molecule has 1 aliphatic carbocycles. The van der Waals surface area contributed by atoms with Gasteiger partial charge >= 0.3 is 0 Å². The first-order valence-corrected chi connectivity index (χ1v) is 7.00. The van der Waals surface area contributed by atoms with Gasteiger partial charge in [-0.3, -0.25) is 4.68 Å². The van der Waals surface area contributed by atoms with Gasteiger partial charge in [0, 0.05) is 13.5 Å². The van der Waals surface area contributed by atoms with Crippen LogP contribution in [-0.2, 0) is 19.9 Å². The van der Waals surface area contributed by atoms with E-state index in [9.17, 15) is 5.26 Å². The molecule has 1 aromatic rings. The number of hydrogen-bond donors (Lipinski definition) is 0. The molecular weight excluding hydrogens is 246 g/mol. The summed E-state index contributed by atoms with van der Waals surface area (Å²) in [6.07, 6.45) is 4.67. The fourth-order valence-electron chi connectivity index (χ4n) is 3.03. The number of aromatic nitrogens is 2. The maximum Gasteiger partial charge on any atom is 0.0850 e. The minimum atomic E-state index is -0.234. The summed E-state index contributed by atoms with van der Waals surface area (Å²) >= 11 is 6.37. The SMILES string of the molecule is CCc1nn(C)c(CC2(C#N)CCC(C)C2)c1Cl. The van der Waals surface area contributed by atoms with Gasteiger partial charge in [0.05, 0.1) is 27.9 Å². The smallest absolute Gasteiger partial charge is 0.0850 e. The van der Waals surface area contributed by atoms with Crippen LogP contribution in [0.4, 0.5) is 0 Å². The Bertz CT molecular complexity index is 486. The summed E-state index contributed by atoms with van der Waals surface area (Å²) in [5.74, 6) is 0.641. The lowest BCUT2D eigenvalue weighted by atomic mass is 9.82. The van der Waals surface area contributed by atoms with E-state index in [1.54, 1.807) is 0 Å². The van der Waals surface area contributed by atoms with E-state index >= 15 is 0 Å². The molecule has 0 amide bonds. The molecule has 98 valence electrons. The lowest BCUT2D eigenvalue weighted by Crippen LogP contribution is -2.20. The van der Waals surface area contributed by atoms with E-state index in [4.69, 9.17) is 11.6 Å². The standard InChI is InChI=1S/C14H20ClN3/c1-4-11-13(15)12(18(3)17-11)8-14(9-16)6-5-10(2)7-14/h10H,4-8H2,1-3H3. The zero-order valence-electron chi connectivity index (χ0n) is 11.3. The van der Waals surface area contributed by atoms with Gasteiger partial charge in [0.1, 0.15) is 0 Å². The molecule has 2 unspecified atom stereocenters. The monoisotopic (exact) mass is 265 g/mol. The molecule has 2 atom stereocenters. The average Bonchev–Trinajstić information content (AvgIpc) is 2.85. The molecule has 1 aromatic heterocycles. The summed E-state index contributed by atoms with van der Waals surface area (Å²) in [4.78, 5) is 0. The van der Waals surface area contributed by atoms with Crippen molar-refractivity contribution in [1.29, 1.82) is 5.26 Å². The summed E-state index contributed by atoms with van der Waals surface area (Å²) in [5.41, 5.74) is 1.72. The zero-order valence-corrected chi connectivity index (χ0v) is 12.1. The molecule has 0 saturated heterocycles. The first kappa shape index (κ1) is 13.4. The Balaban J connectivity index is 2.29. The largest absolute Gasteiger partial charge is 0.271 e. The molecule has 0 spiro atoms. The van der Waals surface area contributed by atoms with Crippen LogP contribution in [0, 0.1) is 22.7 Å². The van der Waals surface area contributed by atoms with E-state index in [2.05, 4.69) is 25.0 Å². The number of halogens is 1. The molecular formula is C14H20ClN3. The summed E-state index contributed by atoms with van der Waals surface area (Å²) in [7, 11) is 1.92. The molecule has 3 nitrogen and oxygen atoms in total. The van der Waals surface area contributed by atoms with Crippen LogP contribution in [0.3, 0.4) is 0 Å². The van der Waals surface area contributed by atoms with Crippen LogP contribution in [0.2, 0.25) is 5.02 Å². The Kier molecular flexibility index (Phi) is 3.68. The second-order valence-corrected chi connectivity index (χ2v) is 5.98. The van der Waals surface area contributed by atoms with Crippen LogP contribution >= 0.6 is 11.6 Å². The highest BCUT2D eigenvalue weighted by Crippen LogP contribution is 2.44. The third-order valence-electron chi connectivity index (χ3n) is 4.10. The Hall–Kier alpha value is -1.01. The minimum absolute atomic E-state index is 0.234. The fraction of sp³-hybridized carbons (Fsp3) is 0.714. The number of rotatable bonds is 3. The maximum absolute atomic E-state index is 9.52. The molecule has 0 bridgehead atoms. The van der Waals surface area contributed by atoms with Crippen LogP contribution < -0.4 is 0 Å². The van der Waals surface area contributed by atoms with E-state index in [1.807, 2.05) is 11.7 Å². The van der Waals surface area contributed by atoms with E-state index in [0.29, 0.717) is 5.92 Å². The Labute approximate surface area is 114 Å². The van der Waals surface area contributed by atoms with Crippen molar-refractivity contribution < 1.29 is 0 Å². The zero-order chi connectivity index (χ0) is 13.3. The van der Waals surface area contributed by atoms with Crippen molar-refractivity contribution in [1.82, 2.24) is 9.78 Å². The summed E-state index contributed by atoms with van der Waals surface area (Å²) in [5, 5.41) is 14.7. The van der Waals surface area contributed by atoms with Crippen LogP contribution in [0.15, 0.2) is 0 Å². The highest BCUT2D eigenvalue weighted by Gasteiger charge is 2.39. The molecule has 18 heavy (non-hydrogen) atoms. The fourth-order valence-corrected chi connectivity index (χ4v) is 3.39. The lowest BCUT2D eigenvalue weighted by Gasteiger charge is -2.20. The molecule has 0 N–H and O–H groups in total. The molecule has 0 radical (unpaired) electrons. The van der Waals surface area contributed by atoms with Gasteiger partial charge in [-0.1, -0.05) is 25.4 Å². The van der Waals surface area contributed by atoms with Gasteiger partial charge in [0.25, 0.3) is 0 Å². The Morgan fingerprint density at radius 1 is 1.61 bits per heavy atom. The molecule has 4 heteroatoms. The summed E-state index contributed by atoms with van der Waals surface area (Å²) < 4.78 is 1.85. The third-order valence-corrected chi connectivity index (χ3v) is 4.54. The topological polar surface area (TPSA) is 41.6 Å². The maximum atomic E-state index is 9.52. The van der Waals surface area contributed by atoms with Crippen molar-refractivity contribution in [2.24, 2.45) is 18.4 Å². The van der Waals surface area contributed by atoms with Gasteiger partial charge < -0.3 is 0 Å². The predicted octanol–water partition coefficient (Wildman–Crippen LogP) is 3.51. The van der Waals surface area contributed by atoms with Crippen molar-refractivity contribution in [2.75, 3.05) is 0 Å². The van der Waals surface area contributed by atoms with Crippen LogP contribution in [0.5, 0.6) is 0 Å². The van der Waals surface area contributed by atoms with Gasteiger partial charge in [-0.25, -0.2) is 0 Å². The van der Waals surface area contributed by atoms with E-state index in [1.165, 1.54) is 0 Å². The van der Waals surface area contributed by atoms with Crippen LogP contribution in [-0.4, -0.2) is 9.78 Å². The number of nitrogens with zero attached hydrogens (tertiary/aromatic N) is 3. The molecule has 1 fully saturated rings. The van der Waals surface area contributed by atoms with Gasteiger partial charge in [-0.15, -0.1) is 0 Å². The van der Waals surface area contributed by atoms with Gasteiger partial charge in [0.15, 0.2) is 0 Å². The van der Waals surface area contributed by atoms with Crippen molar-refractivity contribution >= 4 is 11.6 Å². The Morgan fingerprint density at radius 2 is 2.33 bits per heavy atom. The third kappa shape index (κ3) is 2.27. The minimum Gasteiger partial charge on any atom is -0.271 e. The first-order valence-electron chi connectivity index (χ1n) is 6.63. The summed E-state index contributed by atoms with van der Waals surface area (Å²) in [6, 6.07) is 2.54. The van der Waals surface area contributed by atoms with Gasteiger partial charge in [-0.05, 0) is 31.6 Å². The van der Waals surface area contributed by atoms with Gasteiger partial charge in [0.2, 0.25) is 0 Å². The molecule has 2 rings (SSSR count). The highest BCUT2D eigenvalue weighted by molar-refractivity contribution is 6.31. The second-order valence-electron chi connectivity index (χ2n) is 5.60. The molecule has 0 aromatic carbocycles. The molecule has 1 saturated carbocycles. The molecule has 1 heterocycles. The predicted molar refractivity (Wildman–Crippen MR) is 72.4 cm³/mol. The Morgan fingerprint density at radius 3 is 2.78 bits per heavy atom. The second kappa shape index (κ2) is 4.93. The summed E-state index contributed by atoms with van der Waals surface area (Å²) in [6.45, 7) is 4.27. The first-order chi connectivity index (χ1) is 8.51. The molecule has 0 aliphatic heterocycles. The van der Waals surface area contributed by atoms with Crippen LogP contribution in [0.1, 0.15) is 44.5 Å². The van der Waals surface area contributed by atoms with E-state index in [0.717, 1.165) is 48.5 Å². The van der Waals surface area contributed by atoms with Gasteiger partial charge in [-0.2, -0.15) is 10.4 Å². The van der Waals surface area contributed by atoms with Crippen molar-refractivity contribution in [3.63, 3.8) is 0 Å². The molecule has 1 aliphatic rings.